The molecule has 2 aliphatic rings. The Morgan fingerprint density at radius 1 is 1.00 bits per heavy atom. The van der Waals surface area contributed by atoms with E-state index in [1.54, 1.807) is 13.2 Å². The summed E-state index contributed by atoms with van der Waals surface area (Å²) >= 11 is 0. The summed E-state index contributed by atoms with van der Waals surface area (Å²) in [6.45, 7) is 0. The molecule has 3 rings (SSSR count). The third-order valence-corrected chi connectivity index (χ3v) is 1.92. The molecule has 0 amide bonds. The minimum absolute atomic E-state index is 1.35. The normalized spacial score (nSPS) is 15.1. The van der Waals surface area contributed by atoms with E-state index >= 15 is 0 Å². The summed E-state index contributed by atoms with van der Waals surface area (Å²) in [7, 11) is 1.64. The molecule has 0 bridgehead atoms. The van der Waals surface area contributed by atoms with Crippen molar-refractivity contribution in [2.45, 2.75) is 0 Å². The second-order valence-corrected chi connectivity index (χ2v) is 2.88. The van der Waals surface area contributed by atoms with Crippen molar-refractivity contribution in [2.75, 3.05) is 0 Å². The van der Waals surface area contributed by atoms with Crippen LogP contribution in [0.1, 0.15) is 0 Å². The molecule has 66 valence electrons. The molecule has 3 heteroatoms. The molecule has 0 atom stereocenters. The summed E-state index contributed by atoms with van der Waals surface area (Å²) in [4.78, 5) is 0. The van der Waals surface area contributed by atoms with E-state index in [0.29, 0.717) is 0 Å². The van der Waals surface area contributed by atoms with Crippen LogP contribution in [-0.4, -0.2) is 17.2 Å². The SMILES string of the molecule is C1=CC2=CC=CC2=C1.b1cccnn1. The number of fused-ring (bicyclic) bond motifs is 1. The van der Waals surface area contributed by atoms with Crippen LogP contribution in [0.3, 0.4) is 0 Å². The average Bonchev–Trinajstić information content (AvgIpc) is 2.82. The number of aromatic nitrogens is 2. The van der Waals surface area contributed by atoms with Crippen LogP contribution in [0, 0.1) is 0 Å². The fourth-order valence-corrected chi connectivity index (χ4v) is 1.26. The van der Waals surface area contributed by atoms with Crippen molar-refractivity contribution in [2.24, 2.45) is 0 Å². The molecule has 2 nitrogen and oxygen atoms in total. The standard InChI is InChI=1S/C8H6.C3H3BN2/c1-3-7-5-2-6-8(7)4-1;1-2-4-6-5-3-1/h1-6H;1-3H. The number of allylic oxidation sites excluding steroid dienone is 8. The molecular weight excluding hydrogens is 171 g/mol. The van der Waals surface area contributed by atoms with Gasteiger partial charge in [0, 0.05) is 0 Å². The van der Waals surface area contributed by atoms with Crippen molar-refractivity contribution >= 4 is 7.05 Å². The Labute approximate surface area is 83.6 Å². The Morgan fingerprint density at radius 2 is 1.71 bits per heavy atom. The van der Waals surface area contributed by atoms with Gasteiger partial charge in [0.25, 0.3) is 0 Å². The Morgan fingerprint density at radius 3 is 2.07 bits per heavy atom. The van der Waals surface area contributed by atoms with Crippen LogP contribution < -0.4 is 0 Å². The molecule has 0 aromatic carbocycles. The van der Waals surface area contributed by atoms with Gasteiger partial charge in [0.15, 0.2) is 0 Å². The van der Waals surface area contributed by atoms with Crippen molar-refractivity contribution in [3.8, 4) is 0 Å². The molecule has 2 aliphatic carbocycles. The first-order valence-electron chi connectivity index (χ1n) is 4.45. The number of nitrogens with zero attached hydrogens (tertiary/aromatic N) is 2. The van der Waals surface area contributed by atoms with E-state index in [2.05, 4.69) is 46.6 Å². The van der Waals surface area contributed by atoms with Crippen molar-refractivity contribution in [1.82, 2.24) is 10.1 Å². The van der Waals surface area contributed by atoms with Crippen molar-refractivity contribution < 1.29 is 0 Å². The molecule has 0 unspecified atom stereocenters. The molecule has 14 heavy (non-hydrogen) atoms. The summed E-state index contributed by atoms with van der Waals surface area (Å²) in [5, 5.41) is 7.07. The van der Waals surface area contributed by atoms with Gasteiger partial charge in [-0.2, -0.15) is 0 Å². The monoisotopic (exact) mass is 180 g/mol. The van der Waals surface area contributed by atoms with Gasteiger partial charge >= 0.3 is 35.4 Å². The van der Waals surface area contributed by atoms with Crippen molar-refractivity contribution in [3.63, 3.8) is 0 Å². The van der Waals surface area contributed by atoms with E-state index in [9.17, 15) is 0 Å². The summed E-state index contributed by atoms with van der Waals surface area (Å²) in [6.07, 6.45) is 14.3. The van der Waals surface area contributed by atoms with Gasteiger partial charge in [-0.3, -0.25) is 0 Å². The zero-order valence-corrected chi connectivity index (χ0v) is 7.67. The zero-order chi connectivity index (χ0) is 9.64. The topological polar surface area (TPSA) is 25.8 Å². The summed E-state index contributed by atoms with van der Waals surface area (Å²) < 4.78 is 0. The summed E-state index contributed by atoms with van der Waals surface area (Å²) in [5.74, 6) is 1.83. The molecular formula is C11H9BN2. The maximum atomic E-state index is 3.53. The average molecular weight is 180 g/mol. The summed E-state index contributed by atoms with van der Waals surface area (Å²) in [5.41, 5.74) is 2.70. The van der Waals surface area contributed by atoms with E-state index < -0.39 is 0 Å². The van der Waals surface area contributed by atoms with Gasteiger partial charge in [0.1, 0.15) is 0 Å². The van der Waals surface area contributed by atoms with Crippen LogP contribution in [0.15, 0.2) is 65.8 Å². The molecule has 0 N–H and O–H groups in total. The molecule has 1 heterocycles. The van der Waals surface area contributed by atoms with Gasteiger partial charge in [0.2, 0.25) is 0 Å². The van der Waals surface area contributed by atoms with Gasteiger partial charge < -0.3 is 0 Å². The Hall–Kier alpha value is -1.77. The van der Waals surface area contributed by atoms with E-state index in [0.717, 1.165) is 0 Å². The molecule has 0 saturated heterocycles. The quantitative estimate of drug-likeness (QED) is 0.608. The Kier molecular flexibility index (Phi) is 2.81. The van der Waals surface area contributed by atoms with Crippen molar-refractivity contribution in [3.05, 3.63) is 65.8 Å². The van der Waals surface area contributed by atoms with E-state index in [-0.39, 0.29) is 0 Å². The predicted octanol–water partition coefficient (Wildman–Crippen LogP) is 1.79. The van der Waals surface area contributed by atoms with Crippen molar-refractivity contribution in [1.29, 1.82) is 0 Å². The summed E-state index contributed by atoms with van der Waals surface area (Å²) in [6, 6.07) is 1.83. The fourth-order valence-electron chi connectivity index (χ4n) is 1.26. The van der Waals surface area contributed by atoms with Gasteiger partial charge in [-0.05, 0) is 11.1 Å². The first kappa shape index (κ1) is 8.82. The van der Waals surface area contributed by atoms with Crippen LogP contribution in [0.2, 0.25) is 0 Å². The third-order valence-electron chi connectivity index (χ3n) is 1.92. The Balaban J connectivity index is 0.000000112. The van der Waals surface area contributed by atoms with Crippen LogP contribution in [-0.2, 0) is 0 Å². The van der Waals surface area contributed by atoms with Gasteiger partial charge in [-0.15, -0.1) is 0 Å². The molecule has 1 aromatic heterocycles. The molecule has 0 fully saturated rings. The predicted molar refractivity (Wildman–Crippen MR) is 57.8 cm³/mol. The van der Waals surface area contributed by atoms with Crippen LogP contribution in [0.5, 0.6) is 0 Å². The number of hydrogen-bond acceptors (Lipinski definition) is 2. The van der Waals surface area contributed by atoms with Gasteiger partial charge in [0.05, 0.1) is 0 Å². The minimum atomic E-state index is 1.35. The molecule has 0 aliphatic heterocycles. The molecule has 0 radical (unpaired) electrons. The zero-order valence-electron chi connectivity index (χ0n) is 7.67. The van der Waals surface area contributed by atoms with Crippen LogP contribution in [0.25, 0.3) is 0 Å². The Bertz CT molecular complexity index is 363. The fraction of sp³-hybridized carbons (Fsp3) is 0. The molecule has 0 spiro atoms. The van der Waals surface area contributed by atoms with Crippen LogP contribution >= 0.6 is 0 Å². The van der Waals surface area contributed by atoms with E-state index in [4.69, 9.17) is 0 Å². The molecule has 1 aromatic rings. The number of rotatable bonds is 0. The first-order chi connectivity index (χ1) is 6.97. The third kappa shape index (κ3) is 2.13. The molecule has 0 saturated carbocycles. The van der Waals surface area contributed by atoms with Crippen LogP contribution in [0.4, 0.5) is 0 Å². The van der Waals surface area contributed by atoms with Gasteiger partial charge in [-0.25, -0.2) is 0 Å². The van der Waals surface area contributed by atoms with Gasteiger partial charge in [-0.1, -0.05) is 36.5 Å². The number of hydrogen-bond donors (Lipinski definition) is 0. The first-order valence-corrected chi connectivity index (χ1v) is 4.45. The second-order valence-electron chi connectivity index (χ2n) is 2.88. The maximum absolute atomic E-state index is 3.53. The second kappa shape index (κ2) is 4.47. The van der Waals surface area contributed by atoms with E-state index in [1.807, 2.05) is 12.0 Å². The van der Waals surface area contributed by atoms with E-state index in [1.165, 1.54) is 11.1 Å².